The van der Waals surface area contributed by atoms with Crippen LogP contribution in [-0.2, 0) is 19.1 Å². The van der Waals surface area contributed by atoms with Crippen molar-refractivity contribution in [2.45, 2.75) is 78.0 Å². The highest BCUT2D eigenvalue weighted by atomic mass is 19.1. The number of imidazole rings is 1. The SMILES string of the molecule is CC(=O)N1CCC(n2cnc3c(F)cc(/C=C(\C)[C@@H](C=O)[C@@H](C)/C=C/[C@H](OC(=O)N4CCN(C)CC4)[C@@H](C)CC[C@@H](O)CC=O)cc32)CC1. The van der Waals surface area contributed by atoms with Crippen molar-refractivity contribution >= 4 is 41.7 Å². The number of ether oxygens (including phenoxy) is 1. The van der Waals surface area contributed by atoms with Crippen LogP contribution in [0.3, 0.4) is 0 Å². The summed E-state index contributed by atoms with van der Waals surface area (Å²) in [5, 5.41) is 10.1. The maximum absolute atomic E-state index is 15.3. The molecule has 2 saturated heterocycles. The van der Waals surface area contributed by atoms with Gasteiger partial charge in [-0.25, -0.2) is 14.2 Å². The van der Waals surface area contributed by atoms with Gasteiger partial charge in [0.2, 0.25) is 5.91 Å². The molecule has 0 aliphatic carbocycles. The van der Waals surface area contributed by atoms with Crippen LogP contribution in [0, 0.1) is 23.6 Å². The number of fused-ring (bicyclic) bond motifs is 1. The van der Waals surface area contributed by atoms with Crippen molar-refractivity contribution in [2.24, 2.45) is 17.8 Å². The number of aromatic nitrogens is 2. The van der Waals surface area contributed by atoms with Gasteiger partial charge < -0.3 is 38.7 Å². The van der Waals surface area contributed by atoms with E-state index in [-0.39, 0.29) is 35.7 Å². The van der Waals surface area contributed by atoms with E-state index in [4.69, 9.17) is 4.74 Å². The molecule has 2 aliphatic rings. The van der Waals surface area contributed by atoms with Crippen LogP contribution in [0.25, 0.3) is 17.1 Å². The average molecular weight is 682 g/mol. The lowest BCUT2D eigenvalue weighted by molar-refractivity contribution is -0.130. The van der Waals surface area contributed by atoms with E-state index in [0.29, 0.717) is 56.4 Å². The Hall–Kier alpha value is -3.90. The third-order valence-electron chi connectivity index (χ3n) is 10.1. The number of carbonyl (C=O) groups excluding carboxylic acids is 4. The summed E-state index contributed by atoms with van der Waals surface area (Å²) < 4.78 is 23.2. The van der Waals surface area contributed by atoms with Gasteiger partial charge in [0.1, 0.15) is 24.2 Å². The molecule has 0 saturated carbocycles. The summed E-state index contributed by atoms with van der Waals surface area (Å²) in [6.07, 6.45) is 9.49. The second-order valence-electron chi connectivity index (χ2n) is 13.8. The van der Waals surface area contributed by atoms with Crippen molar-refractivity contribution in [1.29, 1.82) is 0 Å². The number of piperazine rings is 1. The van der Waals surface area contributed by atoms with Crippen molar-refractivity contribution in [1.82, 2.24) is 24.3 Å². The molecule has 11 nitrogen and oxygen atoms in total. The zero-order chi connectivity index (χ0) is 35.7. The van der Waals surface area contributed by atoms with Crippen LogP contribution in [0.2, 0.25) is 0 Å². The number of piperidine rings is 1. The minimum Gasteiger partial charge on any atom is -0.442 e. The maximum atomic E-state index is 15.3. The number of hydrogen-bond acceptors (Lipinski definition) is 8. The van der Waals surface area contributed by atoms with E-state index in [2.05, 4.69) is 9.88 Å². The van der Waals surface area contributed by atoms with E-state index >= 15 is 4.39 Å². The number of nitrogens with zero attached hydrogens (tertiary/aromatic N) is 5. The number of aldehydes is 2. The Morgan fingerprint density at radius 2 is 1.71 bits per heavy atom. The number of halogens is 1. The Kier molecular flexibility index (Phi) is 13.7. The summed E-state index contributed by atoms with van der Waals surface area (Å²) in [6, 6.07) is 3.42. The van der Waals surface area contributed by atoms with Crippen molar-refractivity contribution in [3.8, 4) is 0 Å². The van der Waals surface area contributed by atoms with E-state index in [1.54, 1.807) is 18.2 Å². The molecule has 12 heteroatoms. The monoisotopic (exact) mass is 681 g/mol. The molecule has 2 aliphatic heterocycles. The smallest absolute Gasteiger partial charge is 0.410 e. The summed E-state index contributed by atoms with van der Waals surface area (Å²) in [5.41, 5.74) is 2.34. The van der Waals surface area contributed by atoms with Crippen LogP contribution in [0.15, 0.2) is 36.2 Å². The molecule has 2 amide bonds. The summed E-state index contributed by atoms with van der Waals surface area (Å²) in [7, 11) is 2.01. The number of likely N-dealkylation sites (tertiary alicyclic amines) is 1. The number of aliphatic hydroxyl groups excluding tert-OH is 1. The minimum absolute atomic E-state index is 0.0532. The van der Waals surface area contributed by atoms with Crippen LogP contribution < -0.4 is 0 Å². The van der Waals surface area contributed by atoms with E-state index in [1.165, 1.54) is 6.07 Å². The molecule has 5 atom stereocenters. The molecule has 4 rings (SSSR count). The van der Waals surface area contributed by atoms with Gasteiger partial charge in [-0.1, -0.05) is 31.6 Å². The van der Waals surface area contributed by atoms with Gasteiger partial charge in [-0.2, -0.15) is 0 Å². The van der Waals surface area contributed by atoms with E-state index in [9.17, 15) is 24.3 Å². The molecule has 1 N–H and O–H groups in total. The molecule has 0 radical (unpaired) electrons. The zero-order valence-corrected chi connectivity index (χ0v) is 29.5. The fraction of sp³-hybridized carbons (Fsp3) is 0.595. The van der Waals surface area contributed by atoms with E-state index in [0.717, 1.165) is 37.8 Å². The number of rotatable bonds is 14. The Labute approximate surface area is 288 Å². The van der Waals surface area contributed by atoms with Crippen molar-refractivity contribution in [2.75, 3.05) is 46.3 Å². The molecule has 49 heavy (non-hydrogen) atoms. The second kappa shape index (κ2) is 17.7. The lowest BCUT2D eigenvalue weighted by Gasteiger charge is -2.33. The van der Waals surface area contributed by atoms with Crippen LogP contribution in [0.1, 0.15) is 71.4 Å². The molecule has 1 aromatic heterocycles. The number of likely N-dealkylation sites (N-methyl/N-ethyl adjacent to an activating group) is 1. The number of hydrogen-bond donors (Lipinski definition) is 1. The minimum atomic E-state index is -0.758. The molecule has 0 unspecified atom stereocenters. The second-order valence-corrected chi connectivity index (χ2v) is 13.8. The Morgan fingerprint density at radius 3 is 2.35 bits per heavy atom. The average Bonchev–Trinajstić information content (AvgIpc) is 3.50. The molecule has 2 fully saturated rings. The van der Waals surface area contributed by atoms with Gasteiger partial charge in [0, 0.05) is 64.6 Å². The first-order valence-corrected chi connectivity index (χ1v) is 17.4. The molecular formula is C37H52FN5O6. The number of benzene rings is 1. The fourth-order valence-electron chi connectivity index (χ4n) is 6.73. The van der Waals surface area contributed by atoms with Crippen molar-refractivity contribution < 1.29 is 33.4 Å². The van der Waals surface area contributed by atoms with Crippen molar-refractivity contribution in [3.05, 3.63) is 47.6 Å². The van der Waals surface area contributed by atoms with E-state index < -0.39 is 30.0 Å². The van der Waals surface area contributed by atoms with Crippen molar-refractivity contribution in [3.63, 3.8) is 0 Å². The Bertz CT molecular complexity index is 1510. The van der Waals surface area contributed by atoms with Crippen LogP contribution in [-0.4, -0.2) is 112 Å². The van der Waals surface area contributed by atoms with Gasteiger partial charge in [0.25, 0.3) is 0 Å². The molecular weight excluding hydrogens is 629 g/mol. The topological polar surface area (TPSA) is 125 Å². The fourth-order valence-corrected chi connectivity index (χ4v) is 6.73. The largest absolute Gasteiger partial charge is 0.442 e. The zero-order valence-electron chi connectivity index (χ0n) is 29.5. The summed E-state index contributed by atoms with van der Waals surface area (Å²) in [5.74, 6) is -1.32. The maximum Gasteiger partial charge on any atom is 0.410 e. The van der Waals surface area contributed by atoms with Gasteiger partial charge in [-0.15, -0.1) is 0 Å². The van der Waals surface area contributed by atoms with Crippen LogP contribution in [0.5, 0.6) is 0 Å². The summed E-state index contributed by atoms with van der Waals surface area (Å²) in [6.45, 7) is 11.2. The highest BCUT2D eigenvalue weighted by Gasteiger charge is 2.27. The number of aliphatic hydroxyl groups is 1. The van der Waals surface area contributed by atoms with Crippen LogP contribution in [0.4, 0.5) is 9.18 Å². The van der Waals surface area contributed by atoms with Gasteiger partial charge in [-0.3, -0.25) is 4.79 Å². The molecule has 3 heterocycles. The first-order valence-electron chi connectivity index (χ1n) is 17.4. The molecule has 0 spiro atoms. The normalized spacial score (nSPS) is 19.9. The predicted molar refractivity (Wildman–Crippen MR) is 186 cm³/mol. The molecule has 2 aromatic rings. The molecule has 268 valence electrons. The van der Waals surface area contributed by atoms with E-state index in [1.807, 2.05) is 61.6 Å². The van der Waals surface area contributed by atoms with Gasteiger partial charge in [0.15, 0.2) is 5.82 Å². The summed E-state index contributed by atoms with van der Waals surface area (Å²) >= 11 is 0. The highest BCUT2D eigenvalue weighted by Crippen LogP contribution is 2.30. The van der Waals surface area contributed by atoms with Gasteiger partial charge in [-0.05, 0) is 75.3 Å². The third-order valence-corrected chi connectivity index (χ3v) is 10.1. The highest BCUT2D eigenvalue weighted by molar-refractivity contribution is 5.80. The number of amides is 2. The van der Waals surface area contributed by atoms with Crippen LogP contribution >= 0.6 is 0 Å². The third kappa shape index (κ3) is 10.1. The number of carbonyl (C=O) groups is 4. The number of allylic oxidation sites excluding steroid dienone is 2. The molecule has 1 aromatic carbocycles. The van der Waals surface area contributed by atoms with Gasteiger partial charge in [0.05, 0.1) is 17.9 Å². The van der Waals surface area contributed by atoms with Gasteiger partial charge >= 0.3 is 6.09 Å². The first-order chi connectivity index (χ1) is 23.4. The predicted octanol–water partition coefficient (Wildman–Crippen LogP) is 4.89. The lowest BCUT2D eigenvalue weighted by atomic mass is 9.86. The standard InChI is InChI=1S/C37H52FN5O6/c1-25(7-9-35(26(2)6-8-31(47)12-19-44)49-37(48)42-17-15-40(5)16-18-42)32(23-45)27(3)20-29-21-33(38)36-34(22-29)43(24-39-36)30-10-13-41(14-11-30)28(4)46/h7,9,19-26,30-32,35,47H,6,8,10-18H2,1-5H3/b9-7+,27-20+/t25-,26-,31+,32-,35-/m0/s1. The lowest BCUT2D eigenvalue weighted by Crippen LogP contribution is -2.48. The quantitative estimate of drug-likeness (QED) is 0.221. The molecule has 0 bridgehead atoms. The Balaban J connectivity index is 1.50. The summed E-state index contributed by atoms with van der Waals surface area (Å²) in [4.78, 5) is 58.2. The first kappa shape index (κ1) is 37.9. The Morgan fingerprint density at radius 1 is 1.02 bits per heavy atom.